The number of carbonyl (C=O) groups is 2. The van der Waals surface area contributed by atoms with Gasteiger partial charge in [-0.1, -0.05) is 6.42 Å². The number of anilines is 1. The van der Waals surface area contributed by atoms with Crippen molar-refractivity contribution in [2.24, 2.45) is 0 Å². The standard InChI is InChI=1S/C15H17N3O2/c16-9-12-4-6-13(7-5-12)17-15(20)10-18-8-2-1-3-14(18)11-19/h4-7,11,14H,1-3,8,10H2,(H,17,20). The molecule has 0 radical (unpaired) electrons. The lowest BCUT2D eigenvalue weighted by Gasteiger charge is -2.31. The predicted octanol–water partition coefficient (Wildman–Crippen LogP) is 1.55. The summed E-state index contributed by atoms with van der Waals surface area (Å²) in [6.45, 7) is 1.01. The van der Waals surface area contributed by atoms with Crippen LogP contribution in [0.4, 0.5) is 5.69 Å². The molecule has 1 N–H and O–H groups in total. The molecule has 1 atom stereocenters. The zero-order chi connectivity index (χ0) is 14.4. The number of nitriles is 1. The zero-order valence-corrected chi connectivity index (χ0v) is 11.2. The van der Waals surface area contributed by atoms with Gasteiger partial charge in [-0.2, -0.15) is 5.26 Å². The second kappa shape index (κ2) is 6.83. The maximum Gasteiger partial charge on any atom is 0.238 e. The lowest BCUT2D eigenvalue weighted by atomic mass is 10.0. The largest absolute Gasteiger partial charge is 0.325 e. The van der Waals surface area contributed by atoms with Crippen LogP contribution in [0, 0.1) is 11.3 Å². The molecule has 0 saturated carbocycles. The van der Waals surface area contributed by atoms with E-state index < -0.39 is 0 Å². The lowest BCUT2D eigenvalue weighted by molar-refractivity contribution is -0.120. The highest BCUT2D eigenvalue weighted by Crippen LogP contribution is 2.15. The quantitative estimate of drug-likeness (QED) is 0.843. The molecule has 0 aliphatic carbocycles. The Morgan fingerprint density at radius 3 is 2.80 bits per heavy atom. The fraction of sp³-hybridized carbons (Fsp3) is 0.400. The van der Waals surface area contributed by atoms with Crippen molar-refractivity contribution in [1.82, 2.24) is 4.90 Å². The van der Waals surface area contributed by atoms with Crippen LogP contribution in [-0.4, -0.2) is 36.2 Å². The van der Waals surface area contributed by atoms with Gasteiger partial charge in [0.05, 0.1) is 24.2 Å². The van der Waals surface area contributed by atoms with E-state index in [0.717, 1.165) is 32.1 Å². The molecule has 1 aliphatic rings. The van der Waals surface area contributed by atoms with Crippen LogP contribution in [0.5, 0.6) is 0 Å². The highest BCUT2D eigenvalue weighted by Gasteiger charge is 2.23. The monoisotopic (exact) mass is 271 g/mol. The van der Waals surface area contributed by atoms with Gasteiger partial charge in [0, 0.05) is 5.69 Å². The first-order chi connectivity index (χ1) is 9.72. The molecular formula is C15H17N3O2. The van der Waals surface area contributed by atoms with Crippen LogP contribution in [0.3, 0.4) is 0 Å². The summed E-state index contributed by atoms with van der Waals surface area (Å²) in [4.78, 5) is 24.9. The second-order valence-corrected chi connectivity index (χ2v) is 4.91. The topological polar surface area (TPSA) is 73.2 Å². The Bertz CT molecular complexity index is 519. The van der Waals surface area contributed by atoms with Crippen LogP contribution >= 0.6 is 0 Å². The number of nitrogens with one attached hydrogen (secondary N) is 1. The molecule has 0 aromatic heterocycles. The number of aldehydes is 1. The normalized spacial score (nSPS) is 19.1. The van der Waals surface area contributed by atoms with Crippen LogP contribution in [0.25, 0.3) is 0 Å². The number of piperidine rings is 1. The van der Waals surface area contributed by atoms with E-state index in [4.69, 9.17) is 5.26 Å². The smallest absolute Gasteiger partial charge is 0.238 e. The molecule has 1 amide bonds. The van der Waals surface area contributed by atoms with Crippen molar-refractivity contribution in [3.05, 3.63) is 29.8 Å². The SMILES string of the molecule is N#Cc1ccc(NC(=O)CN2CCCCC2C=O)cc1. The molecule has 0 bridgehead atoms. The van der Waals surface area contributed by atoms with Crippen LogP contribution in [0.2, 0.25) is 0 Å². The minimum atomic E-state index is -0.143. The molecule has 1 heterocycles. The Morgan fingerprint density at radius 2 is 2.15 bits per heavy atom. The molecule has 1 aliphatic heterocycles. The van der Waals surface area contributed by atoms with E-state index in [-0.39, 0.29) is 18.5 Å². The van der Waals surface area contributed by atoms with Crippen LogP contribution < -0.4 is 5.32 Å². The van der Waals surface area contributed by atoms with Crippen molar-refractivity contribution in [2.75, 3.05) is 18.4 Å². The fourth-order valence-electron chi connectivity index (χ4n) is 2.38. The Hall–Kier alpha value is -2.19. The number of amides is 1. The molecule has 0 spiro atoms. The van der Waals surface area contributed by atoms with Crippen molar-refractivity contribution in [3.63, 3.8) is 0 Å². The Labute approximate surface area is 118 Å². The van der Waals surface area contributed by atoms with Crippen LogP contribution in [-0.2, 0) is 9.59 Å². The van der Waals surface area contributed by atoms with Gasteiger partial charge < -0.3 is 10.1 Å². The summed E-state index contributed by atoms with van der Waals surface area (Å²) in [6.07, 6.45) is 3.81. The van der Waals surface area contributed by atoms with Gasteiger partial charge in [0.2, 0.25) is 5.91 Å². The van der Waals surface area contributed by atoms with Gasteiger partial charge in [0.25, 0.3) is 0 Å². The molecular weight excluding hydrogens is 254 g/mol. The molecule has 1 saturated heterocycles. The number of hydrogen-bond donors (Lipinski definition) is 1. The zero-order valence-electron chi connectivity index (χ0n) is 11.2. The fourth-order valence-corrected chi connectivity index (χ4v) is 2.38. The number of benzene rings is 1. The van der Waals surface area contributed by atoms with Gasteiger partial charge in [-0.25, -0.2) is 0 Å². The Balaban J connectivity index is 1.91. The van der Waals surface area contributed by atoms with Gasteiger partial charge >= 0.3 is 0 Å². The molecule has 2 rings (SSSR count). The molecule has 104 valence electrons. The number of likely N-dealkylation sites (tertiary alicyclic amines) is 1. The minimum Gasteiger partial charge on any atom is -0.325 e. The van der Waals surface area contributed by atoms with E-state index in [1.807, 2.05) is 11.0 Å². The maximum absolute atomic E-state index is 12.0. The highest BCUT2D eigenvalue weighted by atomic mass is 16.2. The molecule has 1 unspecified atom stereocenters. The second-order valence-electron chi connectivity index (χ2n) is 4.91. The number of rotatable bonds is 4. The van der Waals surface area contributed by atoms with E-state index in [2.05, 4.69) is 5.32 Å². The predicted molar refractivity (Wildman–Crippen MR) is 75.1 cm³/mol. The van der Waals surface area contributed by atoms with Gasteiger partial charge in [0.1, 0.15) is 6.29 Å². The molecule has 20 heavy (non-hydrogen) atoms. The molecule has 5 nitrogen and oxygen atoms in total. The summed E-state index contributed by atoms with van der Waals surface area (Å²) in [5.41, 5.74) is 1.22. The third-order valence-corrected chi connectivity index (χ3v) is 3.47. The summed E-state index contributed by atoms with van der Waals surface area (Å²) in [6, 6.07) is 8.60. The summed E-state index contributed by atoms with van der Waals surface area (Å²) >= 11 is 0. The molecule has 1 fully saturated rings. The summed E-state index contributed by atoms with van der Waals surface area (Å²) in [7, 11) is 0. The first-order valence-corrected chi connectivity index (χ1v) is 6.72. The van der Waals surface area contributed by atoms with Gasteiger partial charge in [-0.15, -0.1) is 0 Å². The Morgan fingerprint density at radius 1 is 1.40 bits per heavy atom. The molecule has 1 aromatic carbocycles. The average Bonchev–Trinajstić information content (AvgIpc) is 2.48. The molecule has 1 aromatic rings. The van der Waals surface area contributed by atoms with E-state index in [9.17, 15) is 9.59 Å². The number of carbonyl (C=O) groups excluding carboxylic acids is 2. The van der Waals surface area contributed by atoms with E-state index >= 15 is 0 Å². The lowest BCUT2D eigenvalue weighted by Crippen LogP contribution is -2.44. The van der Waals surface area contributed by atoms with Crippen molar-refractivity contribution < 1.29 is 9.59 Å². The molecule has 5 heteroatoms. The van der Waals surface area contributed by atoms with Crippen molar-refractivity contribution >= 4 is 17.9 Å². The average molecular weight is 271 g/mol. The van der Waals surface area contributed by atoms with Crippen molar-refractivity contribution in [1.29, 1.82) is 5.26 Å². The summed E-state index contributed by atoms with van der Waals surface area (Å²) < 4.78 is 0. The van der Waals surface area contributed by atoms with Crippen LogP contribution in [0.1, 0.15) is 24.8 Å². The maximum atomic E-state index is 12.0. The minimum absolute atomic E-state index is 0.136. The van der Waals surface area contributed by atoms with Crippen molar-refractivity contribution in [2.45, 2.75) is 25.3 Å². The number of hydrogen-bond acceptors (Lipinski definition) is 4. The highest BCUT2D eigenvalue weighted by molar-refractivity contribution is 5.92. The Kier molecular flexibility index (Phi) is 4.85. The first kappa shape index (κ1) is 14.2. The third kappa shape index (κ3) is 3.65. The van der Waals surface area contributed by atoms with Crippen LogP contribution in [0.15, 0.2) is 24.3 Å². The summed E-state index contributed by atoms with van der Waals surface area (Å²) in [5, 5.41) is 11.5. The summed E-state index contributed by atoms with van der Waals surface area (Å²) in [5.74, 6) is -0.136. The van der Waals surface area contributed by atoms with Gasteiger partial charge in [-0.05, 0) is 43.7 Å². The first-order valence-electron chi connectivity index (χ1n) is 6.72. The third-order valence-electron chi connectivity index (χ3n) is 3.47. The van der Waals surface area contributed by atoms with E-state index in [1.165, 1.54) is 0 Å². The van der Waals surface area contributed by atoms with Gasteiger partial charge in [0.15, 0.2) is 0 Å². The number of nitrogens with zero attached hydrogens (tertiary/aromatic N) is 2. The van der Waals surface area contributed by atoms with E-state index in [1.54, 1.807) is 24.3 Å². The van der Waals surface area contributed by atoms with E-state index in [0.29, 0.717) is 11.3 Å². The van der Waals surface area contributed by atoms with Gasteiger partial charge in [-0.3, -0.25) is 9.69 Å². The van der Waals surface area contributed by atoms with Crippen molar-refractivity contribution in [3.8, 4) is 6.07 Å².